The Bertz CT molecular complexity index is 2410. The third-order valence-electron chi connectivity index (χ3n) is 9.86. The first kappa shape index (κ1) is 31.9. The van der Waals surface area contributed by atoms with Crippen LogP contribution in [0.15, 0.2) is 95.4 Å². The molecule has 0 aliphatic heterocycles. The van der Waals surface area contributed by atoms with Crippen LogP contribution in [0.1, 0.15) is 41.7 Å². The fraction of sp³-hybridized carbons (Fsp3) is 0.146. The monoisotopic (exact) mass is 657 g/mol. The van der Waals surface area contributed by atoms with Crippen molar-refractivity contribution in [2.24, 2.45) is 0 Å². The van der Waals surface area contributed by atoms with Gasteiger partial charge in [0, 0.05) is 97.4 Å². The molecular formula is C41H37N8O+. The Hall–Kier alpha value is -6.71. The molecule has 0 aromatic heterocycles. The number of anilines is 5. The maximum Gasteiger partial charge on any atom is 0.270 e. The van der Waals surface area contributed by atoms with Crippen LogP contribution >= 0.6 is 0 Å². The average molecular weight is 658 g/mol. The van der Waals surface area contributed by atoms with Gasteiger partial charge in [-0.05, 0) is 50.2 Å². The Morgan fingerprint density at radius 1 is 0.740 bits per heavy atom. The third kappa shape index (κ3) is 4.27. The molecule has 0 radical (unpaired) electrons. The summed E-state index contributed by atoms with van der Waals surface area (Å²) in [5.74, 6) is -0.104. The maximum absolute atomic E-state index is 12.5. The number of hydrogen-bond acceptors (Lipinski definition) is 7. The van der Waals surface area contributed by atoms with Gasteiger partial charge < -0.3 is 32.9 Å². The zero-order valence-electron chi connectivity index (χ0n) is 28.4. The molecule has 2 aliphatic rings. The summed E-state index contributed by atoms with van der Waals surface area (Å²) in [5.41, 5.74) is 35.9. The molecule has 5 aromatic carbocycles. The van der Waals surface area contributed by atoms with Crippen molar-refractivity contribution < 1.29 is 9.68 Å². The molecule has 246 valence electrons. The van der Waals surface area contributed by atoms with Crippen LogP contribution in [0.25, 0.3) is 37.5 Å². The number of aliphatic hydroxyl groups excluding tert-OH is 1. The van der Waals surface area contributed by atoms with Gasteiger partial charge in [-0.3, -0.25) is 0 Å². The van der Waals surface area contributed by atoms with Gasteiger partial charge in [0.25, 0.3) is 5.70 Å². The van der Waals surface area contributed by atoms with Gasteiger partial charge in [0.05, 0.1) is 29.5 Å². The van der Waals surface area contributed by atoms with Crippen LogP contribution < -0.4 is 27.8 Å². The van der Waals surface area contributed by atoms with Gasteiger partial charge in [-0.25, -0.2) is 14.7 Å². The molecule has 9 nitrogen and oxygen atoms in total. The van der Waals surface area contributed by atoms with Crippen LogP contribution in [-0.2, 0) is 0 Å². The second-order valence-electron chi connectivity index (χ2n) is 12.6. The van der Waals surface area contributed by atoms with Crippen LogP contribution in [-0.4, -0.2) is 42.6 Å². The third-order valence-corrected chi connectivity index (χ3v) is 9.86. The molecule has 0 saturated carbocycles. The first-order valence-electron chi connectivity index (χ1n) is 16.4. The summed E-state index contributed by atoms with van der Waals surface area (Å²) in [7, 11) is 3.91. The lowest BCUT2D eigenvalue weighted by molar-refractivity contribution is -0.519. The highest BCUT2D eigenvalue weighted by Crippen LogP contribution is 2.58. The minimum absolute atomic E-state index is 0.104. The minimum atomic E-state index is -0.187. The van der Waals surface area contributed by atoms with Crippen molar-refractivity contribution in [2.75, 3.05) is 55.0 Å². The van der Waals surface area contributed by atoms with E-state index in [2.05, 4.69) is 29.3 Å². The van der Waals surface area contributed by atoms with Gasteiger partial charge in [-0.15, -0.1) is 0 Å². The van der Waals surface area contributed by atoms with Gasteiger partial charge in [-0.1, -0.05) is 36.4 Å². The molecule has 9 N–H and O–H groups in total. The lowest BCUT2D eigenvalue weighted by atomic mass is 9.68. The molecular weight excluding hydrogens is 621 g/mol. The highest BCUT2D eigenvalue weighted by molar-refractivity contribution is 6.28. The summed E-state index contributed by atoms with van der Waals surface area (Å²) >= 11 is 0. The van der Waals surface area contributed by atoms with Gasteiger partial charge in [-0.2, -0.15) is 0 Å². The predicted molar refractivity (Wildman–Crippen MR) is 206 cm³/mol. The van der Waals surface area contributed by atoms with Gasteiger partial charge >= 0.3 is 0 Å². The van der Waals surface area contributed by atoms with Gasteiger partial charge in [0.15, 0.2) is 0 Å². The number of nitriles is 1. The Morgan fingerprint density at radius 2 is 1.22 bits per heavy atom. The number of fused-ring (bicyclic) bond motifs is 4. The van der Waals surface area contributed by atoms with Crippen molar-refractivity contribution in [1.29, 1.82) is 5.26 Å². The van der Waals surface area contributed by atoms with Crippen LogP contribution in [0.4, 0.5) is 28.4 Å². The van der Waals surface area contributed by atoms with E-state index < -0.39 is 0 Å². The number of rotatable bonds is 4. The van der Waals surface area contributed by atoms with Crippen LogP contribution in [0.5, 0.6) is 0 Å². The van der Waals surface area contributed by atoms with Crippen LogP contribution in [0.2, 0.25) is 0 Å². The average Bonchev–Trinajstić information content (AvgIpc) is 3.09. The molecule has 0 amide bonds. The lowest BCUT2D eigenvalue weighted by Crippen LogP contribution is -2.30. The van der Waals surface area contributed by atoms with Crippen molar-refractivity contribution in [3.8, 4) is 6.07 Å². The second kappa shape index (κ2) is 11.8. The fourth-order valence-corrected chi connectivity index (χ4v) is 7.87. The van der Waals surface area contributed by atoms with E-state index in [4.69, 9.17) is 29.5 Å². The number of nitrogens with zero attached hydrogens (tertiary/aromatic N) is 4. The predicted octanol–water partition coefficient (Wildman–Crippen LogP) is 7.07. The molecule has 0 heterocycles. The highest BCUT2D eigenvalue weighted by atomic mass is 16.3. The summed E-state index contributed by atoms with van der Waals surface area (Å²) in [5, 5.41) is 26.0. The number of hydrogen-bond donors (Lipinski definition) is 5. The van der Waals surface area contributed by atoms with E-state index in [1.807, 2.05) is 79.7 Å². The summed E-state index contributed by atoms with van der Waals surface area (Å²) in [6.45, 7) is 13.8. The molecule has 0 fully saturated rings. The van der Waals surface area contributed by atoms with E-state index in [-0.39, 0.29) is 17.0 Å². The van der Waals surface area contributed by atoms with Crippen molar-refractivity contribution in [3.05, 3.63) is 135 Å². The number of benzene rings is 5. The van der Waals surface area contributed by atoms with Crippen molar-refractivity contribution in [1.82, 2.24) is 0 Å². The maximum atomic E-state index is 12.5. The summed E-state index contributed by atoms with van der Waals surface area (Å²) in [4.78, 5) is 5.72. The van der Waals surface area contributed by atoms with E-state index in [1.165, 1.54) is 0 Å². The standard InChI is InChI=1S/C41H36N8O/c1-6-49(7-2)40-23-14-10-18-27(45)32(23)36(33-24(40)15-11-19-28(33)46)38-34(29(20-42)47-3)37(41(38)50)35-30-21(12-8-16-25(30)43)39(48(4)5)22-13-9-17-26(44)31(22)35/h8-19H,6-7,43-46H2,1-2,4-5H3/p+1/b34-29-. The van der Waals surface area contributed by atoms with E-state index in [9.17, 15) is 10.4 Å². The van der Waals surface area contributed by atoms with E-state index in [0.29, 0.717) is 66.9 Å². The largest absolute Gasteiger partial charge is 0.507 e. The molecule has 9 heteroatoms. The zero-order valence-corrected chi connectivity index (χ0v) is 28.4. The summed E-state index contributed by atoms with van der Waals surface area (Å²) < 4.78 is 2.26. The molecule has 7 rings (SSSR count). The fourth-order valence-electron chi connectivity index (χ4n) is 7.87. The van der Waals surface area contributed by atoms with Crippen LogP contribution in [0.3, 0.4) is 0 Å². The van der Waals surface area contributed by atoms with E-state index in [0.717, 1.165) is 46.4 Å². The summed E-state index contributed by atoms with van der Waals surface area (Å²) in [6.07, 6.45) is 0. The Kier molecular flexibility index (Phi) is 7.50. The van der Waals surface area contributed by atoms with Crippen molar-refractivity contribution in [3.63, 3.8) is 0 Å². The normalized spacial score (nSPS) is 14.6. The van der Waals surface area contributed by atoms with Crippen LogP contribution in [0, 0.1) is 17.9 Å². The van der Waals surface area contributed by atoms with Gasteiger partial charge in [0.1, 0.15) is 18.8 Å². The molecule has 50 heavy (non-hydrogen) atoms. The van der Waals surface area contributed by atoms with Gasteiger partial charge in [0.2, 0.25) is 5.71 Å². The lowest BCUT2D eigenvalue weighted by Gasteiger charge is -2.35. The number of allylic oxidation sites excluding steroid dienone is 3. The summed E-state index contributed by atoms with van der Waals surface area (Å²) in [6, 6.07) is 24.9. The second-order valence-corrected chi connectivity index (χ2v) is 12.6. The first-order chi connectivity index (χ1) is 24.1. The molecule has 5 aromatic rings. The highest BCUT2D eigenvalue weighted by Gasteiger charge is 2.43. The Labute approximate surface area is 290 Å². The quantitative estimate of drug-likeness (QED) is 0.0446. The zero-order chi connectivity index (χ0) is 35.6. The Balaban J connectivity index is 1.74. The van der Waals surface area contributed by atoms with E-state index >= 15 is 0 Å². The van der Waals surface area contributed by atoms with E-state index in [1.54, 1.807) is 12.1 Å². The molecule has 0 saturated heterocycles. The van der Waals surface area contributed by atoms with Crippen molar-refractivity contribution in [2.45, 2.75) is 13.8 Å². The topological polar surface area (TPSA) is 159 Å². The molecule has 0 spiro atoms. The minimum Gasteiger partial charge on any atom is -0.507 e. The number of aliphatic hydroxyl groups is 1. The molecule has 0 bridgehead atoms. The molecule has 0 unspecified atom stereocenters. The smallest absolute Gasteiger partial charge is 0.270 e. The van der Waals surface area contributed by atoms with Crippen molar-refractivity contribution >= 4 is 66.8 Å². The first-order valence-corrected chi connectivity index (χ1v) is 16.4. The Morgan fingerprint density at radius 3 is 1.66 bits per heavy atom. The molecule has 0 atom stereocenters. The SMILES string of the molecule is [C-]#[N+]/C(C#N)=C1\C(=C2c3c(N)cccc3C(=[N+](CC)CC)c3cccc(N)c32)C(O)=C1c1c2c(N)cccc2c(N(C)C)c2cccc(N)c12. The number of nitrogens with two attached hydrogens (primary N) is 4. The molecule has 2 aliphatic carbocycles. The number of nitrogen functional groups attached to an aromatic ring is 4.